The first-order valence-electron chi connectivity index (χ1n) is 5.75. The normalized spacial score (nSPS) is 10.8. The third kappa shape index (κ3) is 3.10. The van der Waals surface area contributed by atoms with Gasteiger partial charge in [0.15, 0.2) is 0 Å². The molecule has 1 heterocycles. The molecule has 18 heavy (non-hydrogen) atoms. The van der Waals surface area contributed by atoms with Gasteiger partial charge in [0.2, 0.25) is 5.91 Å². The van der Waals surface area contributed by atoms with E-state index in [0.717, 1.165) is 16.8 Å². The van der Waals surface area contributed by atoms with E-state index in [0.29, 0.717) is 5.76 Å². The smallest absolute Gasteiger partial charge is 0.248 e. The average Bonchev–Trinajstić information content (AvgIpc) is 2.84. The summed E-state index contributed by atoms with van der Waals surface area (Å²) < 4.78 is 5.11. The van der Waals surface area contributed by atoms with Crippen LogP contribution in [-0.4, -0.2) is 5.91 Å². The molecule has 1 aromatic carbocycles. The van der Waals surface area contributed by atoms with Gasteiger partial charge >= 0.3 is 0 Å². The van der Waals surface area contributed by atoms with Crippen molar-refractivity contribution in [1.82, 2.24) is 0 Å². The number of furan rings is 1. The van der Waals surface area contributed by atoms with Crippen molar-refractivity contribution in [2.45, 2.75) is 13.8 Å². The van der Waals surface area contributed by atoms with Crippen molar-refractivity contribution in [3.63, 3.8) is 0 Å². The highest BCUT2D eigenvalue weighted by atomic mass is 16.3. The first-order chi connectivity index (χ1) is 8.65. The average molecular weight is 241 g/mol. The predicted molar refractivity (Wildman–Crippen MR) is 72.3 cm³/mol. The van der Waals surface area contributed by atoms with Crippen LogP contribution in [0.4, 0.5) is 5.69 Å². The maximum atomic E-state index is 11.7. The Hall–Kier alpha value is -2.29. The molecule has 3 heteroatoms. The van der Waals surface area contributed by atoms with E-state index in [9.17, 15) is 4.79 Å². The van der Waals surface area contributed by atoms with Crippen molar-refractivity contribution in [3.05, 3.63) is 59.6 Å². The summed E-state index contributed by atoms with van der Waals surface area (Å²) in [6.07, 6.45) is 4.67. The van der Waals surface area contributed by atoms with Crippen molar-refractivity contribution in [3.8, 4) is 0 Å². The van der Waals surface area contributed by atoms with E-state index in [-0.39, 0.29) is 5.91 Å². The first kappa shape index (κ1) is 12.2. The molecule has 0 unspecified atom stereocenters. The number of carbonyl (C=O) groups is 1. The van der Waals surface area contributed by atoms with Gasteiger partial charge in [-0.3, -0.25) is 4.79 Å². The molecule has 0 aliphatic heterocycles. The molecule has 0 fully saturated rings. The topological polar surface area (TPSA) is 42.2 Å². The second-order valence-corrected chi connectivity index (χ2v) is 4.16. The molecule has 0 saturated carbocycles. The molecule has 0 atom stereocenters. The van der Waals surface area contributed by atoms with Gasteiger partial charge in [-0.15, -0.1) is 0 Å². The fourth-order valence-electron chi connectivity index (χ4n) is 1.59. The summed E-state index contributed by atoms with van der Waals surface area (Å²) in [5, 5.41) is 2.85. The molecule has 2 aromatic rings. The zero-order chi connectivity index (χ0) is 13.0. The van der Waals surface area contributed by atoms with E-state index in [1.807, 2.05) is 32.0 Å². The molecular formula is C15H15NO2. The van der Waals surface area contributed by atoms with Gasteiger partial charge in [0.1, 0.15) is 5.76 Å². The molecule has 0 aliphatic rings. The van der Waals surface area contributed by atoms with Gasteiger partial charge in [0, 0.05) is 11.8 Å². The Morgan fingerprint density at radius 2 is 2.11 bits per heavy atom. The lowest BCUT2D eigenvalue weighted by atomic mass is 10.1. The van der Waals surface area contributed by atoms with E-state index < -0.39 is 0 Å². The van der Waals surface area contributed by atoms with Gasteiger partial charge in [-0.1, -0.05) is 12.1 Å². The number of hydrogen-bond donors (Lipinski definition) is 1. The molecule has 0 saturated heterocycles. The Morgan fingerprint density at radius 1 is 1.28 bits per heavy atom. The maximum absolute atomic E-state index is 11.7. The first-order valence-corrected chi connectivity index (χ1v) is 5.75. The molecule has 1 N–H and O–H groups in total. The van der Waals surface area contributed by atoms with Crippen LogP contribution in [0.5, 0.6) is 0 Å². The van der Waals surface area contributed by atoms with Crippen LogP contribution < -0.4 is 5.32 Å². The van der Waals surface area contributed by atoms with E-state index in [1.165, 1.54) is 6.08 Å². The number of nitrogens with one attached hydrogen (secondary N) is 1. The largest absolute Gasteiger partial charge is 0.465 e. The number of rotatable bonds is 3. The van der Waals surface area contributed by atoms with Crippen molar-refractivity contribution in [2.24, 2.45) is 0 Å². The summed E-state index contributed by atoms with van der Waals surface area (Å²) in [5.41, 5.74) is 3.00. The minimum atomic E-state index is -0.167. The van der Waals surface area contributed by atoms with Crippen LogP contribution in [0.1, 0.15) is 16.9 Å². The van der Waals surface area contributed by atoms with Crippen molar-refractivity contribution < 1.29 is 9.21 Å². The van der Waals surface area contributed by atoms with Crippen LogP contribution in [-0.2, 0) is 4.79 Å². The van der Waals surface area contributed by atoms with Gasteiger partial charge < -0.3 is 9.73 Å². The second kappa shape index (κ2) is 5.36. The van der Waals surface area contributed by atoms with Gasteiger partial charge in [-0.25, -0.2) is 0 Å². The molecule has 0 bridgehead atoms. The summed E-state index contributed by atoms with van der Waals surface area (Å²) in [5.74, 6) is 0.492. The van der Waals surface area contributed by atoms with E-state index in [2.05, 4.69) is 5.32 Å². The molecule has 3 nitrogen and oxygen atoms in total. The lowest BCUT2D eigenvalue weighted by molar-refractivity contribution is -0.111. The second-order valence-electron chi connectivity index (χ2n) is 4.16. The molecule has 92 valence electrons. The highest BCUT2D eigenvalue weighted by Gasteiger charge is 2.02. The number of carbonyl (C=O) groups excluding carboxylic acids is 1. The lowest BCUT2D eigenvalue weighted by Gasteiger charge is -2.07. The van der Waals surface area contributed by atoms with E-state index in [1.54, 1.807) is 24.5 Å². The van der Waals surface area contributed by atoms with E-state index >= 15 is 0 Å². The van der Waals surface area contributed by atoms with Crippen LogP contribution in [0.25, 0.3) is 6.08 Å². The fourth-order valence-corrected chi connectivity index (χ4v) is 1.59. The molecule has 2 rings (SSSR count). The van der Waals surface area contributed by atoms with Crippen LogP contribution in [0.3, 0.4) is 0 Å². The van der Waals surface area contributed by atoms with Crippen molar-refractivity contribution in [2.75, 3.05) is 5.32 Å². The molecule has 1 amide bonds. The zero-order valence-corrected chi connectivity index (χ0v) is 10.4. The van der Waals surface area contributed by atoms with E-state index in [4.69, 9.17) is 4.42 Å². The Labute approximate surface area is 106 Å². The summed E-state index contributed by atoms with van der Waals surface area (Å²) in [7, 11) is 0. The van der Waals surface area contributed by atoms with Crippen LogP contribution in [0, 0.1) is 13.8 Å². The monoisotopic (exact) mass is 241 g/mol. The Morgan fingerprint density at radius 3 is 2.83 bits per heavy atom. The maximum Gasteiger partial charge on any atom is 0.248 e. The third-order valence-corrected chi connectivity index (χ3v) is 2.59. The van der Waals surface area contributed by atoms with Gasteiger partial charge in [-0.05, 0) is 49.2 Å². The summed E-state index contributed by atoms with van der Waals surface area (Å²) in [6.45, 7) is 3.96. The Balaban J connectivity index is 2.05. The Bertz CT molecular complexity index is 568. The standard InChI is InChI=1S/C15H15NO2/c1-11-5-6-12(2)14(10-11)16-15(17)8-7-13-4-3-9-18-13/h3-10H,1-2H3,(H,16,17)/b8-7+. The highest BCUT2D eigenvalue weighted by Crippen LogP contribution is 2.16. The summed E-state index contributed by atoms with van der Waals surface area (Å²) in [4.78, 5) is 11.7. The molecule has 0 aliphatic carbocycles. The van der Waals surface area contributed by atoms with Gasteiger partial charge in [-0.2, -0.15) is 0 Å². The number of hydrogen-bond acceptors (Lipinski definition) is 2. The SMILES string of the molecule is Cc1ccc(C)c(NC(=O)/C=C/c2ccco2)c1. The predicted octanol–water partition coefficient (Wildman–Crippen LogP) is 3.55. The quantitative estimate of drug-likeness (QED) is 0.835. The lowest BCUT2D eigenvalue weighted by Crippen LogP contribution is -2.09. The Kier molecular flexibility index (Phi) is 3.63. The molecular weight excluding hydrogens is 226 g/mol. The van der Waals surface area contributed by atoms with Crippen LogP contribution in [0.2, 0.25) is 0 Å². The van der Waals surface area contributed by atoms with Gasteiger partial charge in [0.05, 0.1) is 6.26 Å². The molecule has 1 aromatic heterocycles. The summed E-state index contributed by atoms with van der Waals surface area (Å²) >= 11 is 0. The molecule has 0 spiro atoms. The van der Waals surface area contributed by atoms with Gasteiger partial charge in [0.25, 0.3) is 0 Å². The number of benzene rings is 1. The van der Waals surface area contributed by atoms with Crippen molar-refractivity contribution >= 4 is 17.7 Å². The fraction of sp³-hybridized carbons (Fsp3) is 0.133. The minimum absolute atomic E-state index is 0.167. The highest BCUT2D eigenvalue weighted by molar-refractivity contribution is 6.02. The third-order valence-electron chi connectivity index (χ3n) is 2.59. The number of anilines is 1. The zero-order valence-electron chi connectivity index (χ0n) is 10.4. The van der Waals surface area contributed by atoms with Crippen LogP contribution >= 0.6 is 0 Å². The van der Waals surface area contributed by atoms with Crippen LogP contribution in [0.15, 0.2) is 47.1 Å². The minimum Gasteiger partial charge on any atom is -0.465 e. The summed E-state index contributed by atoms with van der Waals surface area (Å²) in [6, 6.07) is 9.53. The van der Waals surface area contributed by atoms with Crippen molar-refractivity contribution in [1.29, 1.82) is 0 Å². The molecule has 0 radical (unpaired) electrons. The number of aryl methyl sites for hydroxylation is 2. The number of amides is 1.